The Bertz CT molecular complexity index is 1230. The summed E-state index contributed by atoms with van der Waals surface area (Å²) in [6.07, 6.45) is 1.69. The Balaban J connectivity index is 1.30. The van der Waals surface area contributed by atoms with Crippen molar-refractivity contribution < 1.29 is 18.9 Å². The molecule has 0 spiro atoms. The molecule has 1 aromatic heterocycles. The summed E-state index contributed by atoms with van der Waals surface area (Å²) in [5.74, 6) is 2.83. The molecule has 0 bridgehead atoms. The fraction of sp³-hybridized carbons (Fsp3) is 0.407. The molecular weight excluding hydrogens is 522 g/mol. The van der Waals surface area contributed by atoms with Gasteiger partial charge in [-0.05, 0) is 36.8 Å². The van der Waals surface area contributed by atoms with Crippen molar-refractivity contribution in [1.82, 2.24) is 15.0 Å². The molecule has 0 atom stereocenters. The van der Waals surface area contributed by atoms with E-state index < -0.39 is 0 Å². The summed E-state index contributed by atoms with van der Waals surface area (Å²) in [5.41, 5.74) is 4.71. The summed E-state index contributed by atoms with van der Waals surface area (Å²) < 4.78 is 22.8. The van der Waals surface area contributed by atoms with Crippen molar-refractivity contribution >= 4 is 35.7 Å². The Labute approximate surface area is 232 Å². The van der Waals surface area contributed by atoms with Crippen molar-refractivity contribution in [2.75, 3.05) is 74.4 Å². The zero-order chi connectivity index (χ0) is 26.9. The van der Waals surface area contributed by atoms with Gasteiger partial charge in [0.1, 0.15) is 6.61 Å². The molecule has 206 valence electrons. The van der Waals surface area contributed by atoms with Gasteiger partial charge in [0.2, 0.25) is 17.8 Å². The maximum Gasteiger partial charge on any atom is 0.250 e. The van der Waals surface area contributed by atoms with Crippen LogP contribution in [0.3, 0.4) is 0 Å². The first-order chi connectivity index (χ1) is 19.2. The highest BCUT2D eigenvalue weighted by Crippen LogP contribution is 2.30. The monoisotopic (exact) mass is 553 g/mol. The average molecular weight is 554 g/mol. The Morgan fingerprint density at radius 2 is 1.56 bits per heavy atom. The molecule has 3 heterocycles. The Kier molecular flexibility index (Phi) is 9.26. The molecule has 2 saturated heterocycles. The van der Waals surface area contributed by atoms with Crippen molar-refractivity contribution in [1.29, 1.82) is 0 Å². The number of anilines is 3. The smallest absolute Gasteiger partial charge is 0.250 e. The molecule has 3 aromatic rings. The Hall–Kier alpha value is -3.67. The van der Waals surface area contributed by atoms with Gasteiger partial charge in [-0.1, -0.05) is 29.8 Å². The second-order valence-corrected chi connectivity index (χ2v) is 9.25. The van der Waals surface area contributed by atoms with Gasteiger partial charge in [0, 0.05) is 36.8 Å². The molecule has 0 unspecified atom stereocenters. The van der Waals surface area contributed by atoms with Gasteiger partial charge in [-0.2, -0.15) is 20.1 Å². The number of nitrogens with one attached hydrogen (secondary N) is 1. The molecule has 0 saturated carbocycles. The van der Waals surface area contributed by atoms with E-state index in [1.807, 2.05) is 49.4 Å². The van der Waals surface area contributed by atoms with E-state index in [0.29, 0.717) is 74.0 Å². The quantitative estimate of drug-likeness (QED) is 0.295. The largest absolute Gasteiger partial charge is 0.490 e. The van der Waals surface area contributed by atoms with E-state index >= 15 is 0 Å². The second kappa shape index (κ2) is 13.4. The predicted molar refractivity (Wildman–Crippen MR) is 151 cm³/mol. The molecule has 0 amide bonds. The Morgan fingerprint density at radius 3 is 2.21 bits per heavy atom. The minimum absolute atomic E-state index is 0.338. The normalized spacial score (nSPS) is 15.9. The lowest BCUT2D eigenvalue weighted by atomic mass is 10.2. The van der Waals surface area contributed by atoms with Crippen LogP contribution in [0.25, 0.3) is 0 Å². The van der Waals surface area contributed by atoms with Gasteiger partial charge in [-0.25, -0.2) is 5.43 Å². The van der Waals surface area contributed by atoms with Crippen molar-refractivity contribution in [3.8, 4) is 11.5 Å². The number of rotatable bonds is 10. The number of nitrogens with zero attached hydrogens (tertiary/aromatic N) is 6. The number of aromatic nitrogens is 3. The number of halogens is 1. The summed E-state index contributed by atoms with van der Waals surface area (Å²) in [7, 11) is 0. The minimum atomic E-state index is 0.338. The van der Waals surface area contributed by atoms with Crippen molar-refractivity contribution in [2.45, 2.75) is 13.5 Å². The molecule has 2 aliphatic heterocycles. The number of morpholine rings is 2. The first-order valence-electron chi connectivity index (χ1n) is 13.0. The zero-order valence-electron chi connectivity index (χ0n) is 21.9. The third-order valence-corrected chi connectivity index (χ3v) is 6.56. The molecule has 0 aliphatic carbocycles. The maximum atomic E-state index is 6.27. The van der Waals surface area contributed by atoms with Crippen molar-refractivity contribution in [3.63, 3.8) is 0 Å². The molecule has 12 heteroatoms. The third-order valence-electron chi connectivity index (χ3n) is 6.19. The van der Waals surface area contributed by atoms with Crippen LogP contribution in [-0.2, 0) is 16.1 Å². The number of hydrogen-bond donors (Lipinski definition) is 1. The average Bonchev–Trinajstić information content (AvgIpc) is 2.98. The van der Waals surface area contributed by atoms with Gasteiger partial charge in [0.15, 0.2) is 11.5 Å². The Morgan fingerprint density at radius 1 is 0.897 bits per heavy atom. The summed E-state index contributed by atoms with van der Waals surface area (Å²) in [5, 5.41) is 5.06. The second-order valence-electron chi connectivity index (χ2n) is 8.85. The van der Waals surface area contributed by atoms with E-state index in [0.717, 1.165) is 37.3 Å². The lowest BCUT2D eigenvalue weighted by molar-refractivity contribution is 0.121. The number of hydrazone groups is 1. The van der Waals surface area contributed by atoms with Crippen LogP contribution in [0.5, 0.6) is 11.5 Å². The molecule has 39 heavy (non-hydrogen) atoms. The molecule has 5 rings (SSSR count). The van der Waals surface area contributed by atoms with Crippen LogP contribution < -0.4 is 24.7 Å². The summed E-state index contributed by atoms with van der Waals surface area (Å²) in [6, 6.07) is 13.2. The van der Waals surface area contributed by atoms with Gasteiger partial charge < -0.3 is 28.7 Å². The van der Waals surface area contributed by atoms with Gasteiger partial charge >= 0.3 is 0 Å². The molecule has 2 fully saturated rings. The van der Waals surface area contributed by atoms with Crippen molar-refractivity contribution in [3.05, 3.63) is 58.6 Å². The highest BCUT2D eigenvalue weighted by Gasteiger charge is 2.20. The van der Waals surface area contributed by atoms with E-state index in [1.165, 1.54) is 0 Å². The van der Waals surface area contributed by atoms with E-state index in [2.05, 4.69) is 30.3 Å². The highest BCUT2D eigenvalue weighted by atomic mass is 35.5. The van der Waals surface area contributed by atoms with Crippen LogP contribution in [0.15, 0.2) is 47.6 Å². The first kappa shape index (κ1) is 26.9. The summed E-state index contributed by atoms with van der Waals surface area (Å²) >= 11 is 6.27. The number of ether oxygens (including phenoxy) is 4. The zero-order valence-corrected chi connectivity index (χ0v) is 22.6. The van der Waals surface area contributed by atoms with E-state index in [-0.39, 0.29) is 0 Å². The fourth-order valence-electron chi connectivity index (χ4n) is 4.14. The SMILES string of the molecule is CCOc1cc(C=NNc2nc(N3CCOCC3)nc(N3CCOCC3)n2)ccc1OCc1ccccc1Cl. The standard InChI is InChI=1S/C27H32ClN7O4/c1-2-38-24-17-20(7-8-23(24)39-19-21-5-3-4-6-22(21)28)18-29-33-25-30-26(34-9-13-36-14-10-34)32-27(31-25)35-11-15-37-16-12-35/h3-8,17-18H,2,9-16,19H2,1H3,(H,30,31,32,33). The topological polar surface area (TPSA) is 106 Å². The van der Waals surface area contributed by atoms with Crippen LogP contribution in [0, 0.1) is 0 Å². The first-order valence-corrected chi connectivity index (χ1v) is 13.4. The summed E-state index contributed by atoms with van der Waals surface area (Å²) in [4.78, 5) is 18.1. The van der Waals surface area contributed by atoms with Gasteiger partial charge in [0.05, 0.1) is 39.2 Å². The van der Waals surface area contributed by atoms with Crippen LogP contribution in [0.1, 0.15) is 18.1 Å². The lowest BCUT2D eigenvalue weighted by Crippen LogP contribution is -2.40. The molecular formula is C27H32ClN7O4. The van der Waals surface area contributed by atoms with Gasteiger partial charge in [-0.15, -0.1) is 0 Å². The fourth-order valence-corrected chi connectivity index (χ4v) is 4.33. The lowest BCUT2D eigenvalue weighted by Gasteiger charge is -2.30. The van der Waals surface area contributed by atoms with Crippen LogP contribution in [0.2, 0.25) is 5.02 Å². The molecule has 2 aromatic carbocycles. The molecule has 2 aliphatic rings. The van der Waals surface area contributed by atoms with Gasteiger partial charge in [-0.3, -0.25) is 0 Å². The van der Waals surface area contributed by atoms with Crippen LogP contribution >= 0.6 is 11.6 Å². The maximum absolute atomic E-state index is 6.27. The number of benzene rings is 2. The number of hydrogen-bond acceptors (Lipinski definition) is 11. The summed E-state index contributed by atoms with van der Waals surface area (Å²) in [6.45, 7) is 8.21. The van der Waals surface area contributed by atoms with Crippen LogP contribution in [-0.4, -0.2) is 80.4 Å². The van der Waals surface area contributed by atoms with Gasteiger partial charge in [0.25, 0.3) is 0 Å². The minimum Gasteiger partial charge on any atom is -0.490 e. The van der Waals surface area contributed by atoms with E-state index in [9.17, 15) is 0 Å². The van der Waals surface area contributed by atoms with Crippen LogP contribution in [0.4, 0.5) is 17.8 Å². The van der Waals surface area contributed by atoms with E-state index in [4.69, 9.17) is 35.5 Å². The van der Waals surface area contributed by atoms with E-state index in [1.54, 1.807) is 6.21 Å². The molecule has 1 N–H and O–H groups in total. The third kappa shape index (κ3) is 7.25. The predicted octanol–water partition coefficient (Wildman–Crippen LogP) is 3.62. The van der Waals surface area contributed by atoms with Crippen molar-refractivity contribution in [2.24, 2.45) is 5.10 Å². The highest BCUT2D eigenvalue weighted by molar-refractivity contribution is 6.31. The molecule has 11 nitrogen and oxygen atoms in total. The molecule has 0 radical (unpaired) electrons.